The van der Waals surface area contributed by atoms with Crippen LogP contribution in [0.1, 0.15) is 35.4 Å². The Balaban J connectivity index is 1.82. The van der Waals surface area contributed by atoms with Gasteiger partial charge < -0.3 is 4.57 Å². The Hall–Kier alpha value is -2.42. The van der Waals surface area contributed by atoms with Crippen molar-refractivity contribution in [2.24, 2.45) is 5.92 Å². The van der Waals surface area contributed by atoms with E-state index in [0.29, 0.717) is 0 Å². The predicted octanol–water partition coefficient (Wildman–Crippen LogP) is 4.63. The minimum Gasteiger partial charge on any atom is -0.342 e. The van der Waals surface area contributed by atoms with Crippen molar-refractivity contribution in [2.75, 3.05) is 0 Å². The SMILES string of the molecule is Cc1c(C)n(CC2CC2)c2c(C=Cc3ccccc3)nncc12. The second-order valence-corrected chi connectivity index (χ2v) is 6.50. The molecule has 3 heteroatoms. The summed E-state index contributed by atoms with van der Waals surface area (Å²) in [7, 11) is 0. The minimum atomic E-state index is 0.836. The molecule has 1 aliphatic carbocycles. The highest BCUT2D eigenvalue weighted by atomic mass is 15.1. The lowest BCUT2D eigenvalue weighted by molar-refractivity contribution is 0.630. The maximum absolute atomic E-state index is 4.41. The molecule has 2 aromatic heterocycles. The first-order valence-electron chi connectivity index (χ1n) is 8.28. The van der Waals surface area contributed by atoms with Crippen LogP contribution in [0.4, 0.5) is 0 Å². The Labute approximate surface area is 136 Å². The minimum absolute atomic E-state index is 0.836. The Morgan fingerprint density at radius 1 is 1.13 bits per heavy atom. The molecule has 3 nitrogen and oxygen atoms in total. The van der Waals surface area contributed by atoms with Crippen LogP contribution in [0.3, 0.4) is 0 Å². The normalized spacial score (nSPS) is 14.9. The van der Waals surface area contributed by atoms with Gasteiger partial charge in [0, 0.05) is 17.6 Å². The van der Waals surface area contributed by atoms with Gasteiger partial charge in [-0.25, -0.2) is 0 Å². The third-order valence-electron chi connectivity index (χ3n) is 4.84. The zero-order chi connectivity index (χ0) is 15.8. The van der Waals surface area contributed by atoms with Gasteiger partial charge in [0.2, 0.25) is 0 Å². The van der Waals surface area contributed by atoms with Crippen molar-refractivity contribution in [3.8, 4) is 0 Å². The maximum atomic E-state index is 4.41. The van der Waals surface area contributed by atoms with Crippen LogP contribution in [0, 0.1) is 19.8 Å². The summed E-state index contributed by atoms with van der Waals surface area (Å²) in [5, 5.41) is 9.86. The van der Waals surface area contributed by atoms with Gasteiger partial charge in [-0.05, 0) is 49.8 Å². The van der Waals surface area contributed by atoms with Crippen LogP contribution in [0.2, 0.25) is 0 Å². The van der Waals surface area contributed by atoms with Crippen LogP contribution in [-0.4, -0.2) is 14.8 Å². The Morgan fingerprint density at radius 3 is 2.65 bits per heavy atom. The molecule has 0 spiro atoms. The summed E-state index contributed by atoms with van der Waals surface area (Å²) in [5.74, 6) is 0.836. The third kappa shape index (κ3) is 2.67. The molecule has 116 valence electrons. The highest BCUT2D eigenvalue weighted by molar-refractivity contribution is 5.91. The lowest BCUT2D eigenvalue weighted by atomic mass is 10.1. The van der Waals surface area contributed by atoms with E-state index in [9.17, 15) is 0 Å². The number of aryl methyl sites for hydroxylation is 1. The van der Waals surface area contributed by atoms with Gasteiger partial charge in [-0.3, -0.25) is 0 Å². The average molecular weight is 303 g/mol. The molecule has 0 aliphatic heterocycles. The largest absolute Gasteiger partial charge is 0.342 e. The lowest BCUT2D eigenvalue weighted by Gasteiger charge is -2.08. The predicted molar refractivity (Wildman–Crippen MR) is 95.1 cm³/mol. The molecule has 0 radical (unpaired) electrons. The molecule has 0 bridgehead atoms. The van der Waals surface area contributed by atoms with Crippen molar-refractivity contribution in [1.82, 2.24) is 14.8 Å². The summed E-state index contributed by atoms with van der Waals surface area (Å²) in [6.45, 7) is 5.50. The fourth-order valence-electron chi connectivity index (χ4n) is 3.16. The molecular formula is C20H21N3. The molecule has 4 rings (SSSR count). The van der Waals surface area contributed by atoms with Crippen LogP contribution in [0.5, 0.6) is 0 Å². The molecule has 1 saturated carbocycles. The molecule has 1 aliphatic rings. The summed E-state index contributed by atoms with van der Waals surface area (Å²) in [6, 6.07) is 10.3. The molecule has 0 unspecified atom stereocenters. The Kier molecular flexibility index (Phi) is 3.49. The van der Waals surface area contributed by atoms with Crippen LogP contribution in [0.15, 0.2) is 36.5 Å². The first-order chi connectivity index (χ1) is 11.2. The molecular weight excluding hydrogens is 282 g/mol. The van der Waals surface area contributed by atoms with Gasteiger partial charge in [-0.15, -0.1) is 5.10 Å². The molecule has 23 heavy (non-hydrogen) atoms. The fourth-order valence-corrected chi connectivity index (χ4v) is 3.16. The lowest BCUT2D eigenvalue weighted by Crippen LogP contribution is -2.03. The van der Waals surface area contributed by atoms with Gasteiger partial charge in [0.15, 0.2) is 0 Å². The summed E-state index contributed by atoms with van der Waals surface area (Å²) in [6.07, 6.45) is 8.81. The molecule has 3 aromatic rings. The number of rotatable bonds is 4. The maximum Gasteiger partial charge on any atom is 0.110 e. The molecule has 0 saturated heterocycles. The van der Waals surface area contributed by atoms with Crippen molar-refractivity contribution >= 4 is 23.1 Å². The van der Waals surface area contributed by atoms with E-state index in [-0.39, 0.29) is 0 Å². The molecule has 2 heterocycles. The van der Waals surface area contributed by atoms with E-state index >= 15 is 0 Å². The average Bonchev–Trinajstić information content (AvgIpc) is 3.37. The first-order valence-corrected chi connectivity index (χ1v) is 8.28. The topological polar surface area (TPSA) is 30.7 Å². The highest BCUT2D eigenvalue weighted by Crippen LogP contribution is 2.35. The summed E-state index contributed by atoms with van der Waals surface area (Å²) < 4.78 is 2.45. The second kappa shape index (κ2) is 5.65. The standard InChI is InChI=1S/C20H21N3/c1-14-15(2)23(13-17-8-9-17)20-18(14)12-21-22-19(20)11-10-16-6-4-3-5-7-16/h3-7,10-12,17H,8-9,13H2,1-2H3. The molecule has 1 fully saturated rings. The van der Waals surface area contributed by atoms with E-state index in [0.717, 1.165) is 18.2 Å². The zero-order valence-electron chi connectivity index (χ0n) is 13.7. The second-order valence-electron chi connectivity index (χ2n) is 6.50. The smallest absolute Gasteiger partial charge is 0.110 e. The Bertz CT molecular complexity index is 871. The monoisotopic (exact) mass is 303 g/mol. The summed E-state index contributed by atoms with van der Waals surface area (Å²) in [5.41, 5.74) is 6.04. The number of nitrogens with zero attached hydrogens (tertiary/aromatic N) is 3. The molecule has 1 aromatic carbocycles. The molecule has 0 atom stereocenters. The number of hydrogen-bond donors (Lipinski definition) is 0. The van der Waals surface area contributed by atoms with Gasteiger partial charge in [0.25, 0.3) is 0 Å². The fraction of sp³-hybridized carbons (Fsp3) is 0.300. The quantitative estimate of drug-likeness (QED) is 0.703. The van der Waals surface area contributed by atoms with Crippen LogP contribution < -0.4 is 0 Å². The van der Waals surface area contributed by atoms with Crippen molar-refractivity contribution in [3.63, 3.8) is 0 Å². The van der Waals surface area contributed by atoms with Gasteiger partial charge >= 0.3 is 0 Å². The number of aromatic nitrogens is 3. The zero-order valence-corrected chi connectivity index (χ0v) is 13.7. The van der Waals surface area contributed by atoms with Crippen LogP contribution >= 0.6 is 0 Å². The van der Waals surface area contributed by atoms with Gasteiger partial charge in [-0.2, -0.15) is 5.10 Å². The first kappa shape index (κ1) is 14.2. The van der Waals surface area contributed by atoms with Crippen molar-refractivity contribution in [2.45, 2.75) is 33.2 Å². The van der Waals surface area contributed by atoms with E-state index < -0.39 is 0 Å². The third-order valence-corrected chi connectivity index (χ3v) is 4.84. The Morgan fingerprint density at radius 2 is 1.91 bits per heavy atom. The van der Waals surface area contributed by atoms with Gasteiger partial charge in [-0.1, -0.05) is 36.4 Å². The van der Waals surface area contributed by atoms with Crippen LogP contribution in [-0.2, 0) is 6.54 Å². The summed E-state index contributed by atoms with van der Waals surface area (Å²) in [4.78, 5) is 0. The highest BCUT2D eigenvalue weighted by Gasteiger charge is 2.24. The van der Waals surface area contributed by atoms with E-state index in [1.165, 1.54) is 40.6 Å². The molecule has 0 N–H and O–H groups in total. The van der Waals surface area contributed by atoms with E-state index in [1.807, 2.05) is 12.3 Å². The number of benzene rings is 1. The van der Waals surface area contributed by atoms with E-state index in [4.69, 9.17) is 0 Å². The van der Waals surface area contributed by atoms with Crippen LogP contribution in [0.25, 0.3) is 23.1 Å². The van der Waals surface area contributed by atoms with E-state index in [2.05, 4.69) is 65.0 Å². The van der Waals surface area contributed by atoms with Crippen molar-refractivity contribution in [1.29, 1.82) is 0 Å². The number of hydrogen-bond acceptors (Lipinski definition) is 2. The van der Waals surface area contributed by atoms with Gasteiger partial charge in [0.05, 0.1) is 11.7 Å². The molecule has 0 amide bonds. The number of fused-ring (bicyclic) bond motifs is 1. The van der Waals surface area contributed by atoms with E-state index in [1.54, 1.807) is 0 Å². The summed E-state index contributed by atoms with van der Waals surface area (Å²) >= 11 is 0. The van der Waals surface area contributed by atoms with Crippen molar-refractivity contribution in [3.05, 3.63) is 59.0 Å². The van der Waals surface area contributed by atoms with Crippen molar-refractivity contribution < 1.29 is 0 Å². The van der Waals surface area contributed by atoms with Gasteiger partial charge in [0.1, 0.15) is 5.69 Å².